The number of anilines is 1. The van der Waals surface area contributed by atoms with Crippen LogP contribution in [0, 0.1) is 45.3 Å². The predicted molar refractivity (Wildman–Crippen MR) is 219 cm³/mol. The molecule has 0 unspecified atom stereocenters. The van der Waals surface area contributed by atoms with Crippen LogP contribution in [0.3, 0.4) is 0 Å². The Morgan fingerprint density at radius 1 is 0.594 bits per heavy atom. The van der Waals surface area contributed by atoms with Gasteiger partial charge in [-0.25, -0.2) is 41.3 Å². The van der Waals surface area contributed by atoms with E-state index in [0.29, 0.717) is 5.69 Å². The molecule has 22 heteroatoms. The van der Waals surface area contributed by atoms with Gasteiger partial charge in [0.2, 0.25) is 0 Å². The molecule has 9 rings (SSSR count). The Hall–Kier alpha value is -5.87. The Balaban J connectivity index is 0.000000144. The second-order valence-corrected chi connectivity index (χ2v) is 16.3. The van der Waals surface area contributed by atoms with E-state index in [9.17, 15) is 36.5 Å². The van der Waals surface area contributed by atoms with Crippen LogP contribution < -0.4 is 22.9 Å². The van der Waals surface area contributed by atoms with Gasteiger partial charge in [-0.2, -0.15) is 0 Å². The fraction of sp³-hybridized carbons (Fsp3) is 0.500. The maximum Gasteiger partial charge on any atom is 0.283 e. The molecule has 0 bridgehead atoms. The second kappa shape index (κ2) is 18.0. The molecule has 6 aliphatic rings. The van der Waals surface area contributed by atoms with E-state index in [2.05, 4.69) is 15.0 Å². The van der Waals surface area contributed by atoms with Crippen molar-refractivity contribution in [2.75, 3.05) is 45.6 Å². The maximum absolute atomic E-state index is 14.3. The molecule has 12 atom stereocenters. The number of non-ortho nitro benzene ring substituents is 1. The molecular formula is C42H48F6N8O8. The molecule has 8 N–H and O–H groups in total. The predicted octanol–water partition coefficient (Wildman–Crippen LogP) is 4.71. The summed E-state index contributed by atoms with van der Waals surface area (Å²) in [7, 11) is 0. The van der Waals surface area contributed by atoms with E-state index in [0.717, 1.165) is 18.2 Å². The van der Waals surface area contributed by atoms with Gasteiger partial charge < -0.3 is 51.4 Å². The lowest BCUT2D eigenvalue weighted by molar-refractivity contribution is -0.385. The summed E-state index contributed by atoms with van der Waals surface area (Å²) >= 11 is 0. The molecule has 6 heterocycles. The molecule has 0 aromatic heterocycles. The molecule has 0 amide bonds. The number of fused-ring (bicyclic) bond motifs is 3. The SMILES string of the molecule is C[C@H]1OC[C@H]2[C@@H]1OC(N)=N[C@]2(CF)c1cc(N)ccc1F.C[C@H]1OC[C@H]2[C@@H]1OC(N)=N[C@]2(CF)c1cc([N+](=O)[O-])ccc1F.C[C@H]1OC[C@H]2[C@@H]1OC(N)=N[C@]2(CF)c1ccccc1F. The number of nitrogens with two attached hydrogens (primary N) is 4. The summed E-state index contributed by atoms with van der Waals surface area (Å²) in [5.41, 5.74) is 18.2. The molecule has 3 aromatic carbocycles. The van der Waals surface area contributed by atoms with Gasteiger partial charge in [-0.15, -0.1) is 0 Å². The second-order valence-electron chi connectivity index (χ2n) is 16.3. The van der Waals surface area contributed by atoms with E-state index in [4.69, 9.17) is 51.4 Å². The van der Waals surface area contributed by atoms with Crippen LogP contribution in [0.5, 0.6) is 0 Å². The Morgan fingerprint density at radius 2 is 0.969 bits per heavy atom. The zero-order valence-corrected chi connectivity index (χ0v) is 34.8. The maximum atomic E-state index is 14.3. The van der Waals surface area contributed by atoms with Crippen molar-refractivity contribution < 1.29 is 59.7 Å². The molecular weight excluding hydrogens is 858 g/mol. The molecule has 3 saturated heterocycles. The summed E-state index contributed by atoms with van der Waals surface area (Å²) in [6.07, 6.45) is -2.34. The Kier molecular flexibility index (Phi) is 12.9. The fourth-order valence-electron chi connectivity index (χ4n) is 9.44. The molecule has 0 aliphatic carbocycles. The molecule has 3 aromatic rings. The number of ether oxygens (including phenoxy) is 6. The van der Waals surface area contributed by atoms with Crippen molar-refractivity contribution in [1.29, 1.82) is 0 Å². The molecule has 346 valence electrons. The number of nitro benzene ring substituents is 1. The number of benzene rings is 3. The van der Waals surface area contributed by atoms with E-state index in [1.54, 1.807) is 19.1 Å². The van der Waals surface area contributed by atoms with Crippen LogP contribution in [0.1, 0.15) is 37.5 Å². The van der Waals surface area contributed by atoms with Crippen molar-refractivity contribution in [2.45, 2.75) is 74.0 Å². The fourth-order valence-corrected chi connectivity index (χ4v) is 9.44. The van der Waals surface area contributed by atoms with E-state index >= 15 is 0 Å². The molecule has 16 nitrogen and oxygen atoms in total. The lowest BCUT2D eigenvalue weighted by atomic mass is 9.75. The molecule has 0 spiro atoms. The Bertz CT molecular complexity index is 2330. The summed E-state index contributed by atoms with van der Waals surface area (Å²) in [6, 6.07) is 12.5. The van der Waals surface area contributed by atoms with Crippen molar-refractivity contribution in [3.05, 3.63) is 105 Å². The first-order chi connectivity index (χ1) is 30.4. The van der Waals surface area contributed by atoms with Crippen LogP contribution in [0.25, 0.3) is 0 Å². The monoisotopic (exact) mass is 906 g/mol. The minimum atomic E-state index is -1.70. The lowest BCUT2D eigenvalue weighted by Gasteiger charge is -2.40. The largest absolute Gasteiger partial charge is 0.459 e. The average Bonchev–Trinajstić information content (AvgIpc) is 3.97. The Morgan fingerprint density at radius 3 is 1.38 bits per heavy atom. The first kappa shape index (κ1) is 46.1. The lowest BCUT2D eigenvalue weighted by Crippen LogP contribution is -2.51. The average molecular weight is 907 g/mol. The number of nitro groups is 1. The third-order valence-corrected chi connectivity index (χ3v) is 12.8. The summed E-state index contributed by atoms with van der Waals surface area (Å²) in [5, 5.41) is 11.0. The topological polar surface area (TPSA) is 240 Å². The normalized spacial score (nSPS) is 34.6. The molecule has 3 fully saturated rings. The molecule has 0 saturated carbocycles. The van der Waals surface area contributed by atoms with Crippen LogP contribution >= 0.6 is 0 Å². The summed E-state index contributed by atoms with van der Waals surface area (Å²) in [4.78, 5) is 22.5. The number of aliphatic imine (C=N–C) groups is 3. The summed E-state index contributed by atoms with van der Waals surface area (Å²) in [5.74, 6) is -3.34. The number of amidine groups is 3. The van der Waals surface area contributed by atoms with E-state index in [1.165, 1.54) is 30.3 Å². The highest BCUT2D eigenvalue weighted by molar-refractivity contribution is 5.75. The number of halogens is 6. The van der Waals surface area contributed by atoms with Crippen LogP contribution in [0.2, 0.25) is 0 Å². The zero-order chi connectivity index (χ0) is 46.3. The van der Waals surface area contributed by atoms with Gasteiger partial charge in [0.15, 0.2) is 0 Å². The van der Waals surface area contributed by atoms with E-state index in [1.807, 2.05) is 13.8 Å². The quantitative estimate of drug-likeness (QED) is 0.109. The van der Waals surface area contributed by atoms with Crippen LogP contribution in [-0.4, -0.2) is 99.5 Å². The van der Waals surface area contributed by atoms with Gasteiger partial charge in [-0.3, -0.25) is 10.1 Å². The number of hydrogen-bond acceptors (Lipinski definition) is 15. The zero-order valence-electron chi connectivity index (χ0n) is 34.8. The number of hydrogen-bond donors (Lipinski definition) is 4. The third kappa shape index (κ3) is 7.99. The highest BCUT2D eigenvalue weighted by Crippen LogP contribution is 2.49. The summed E-state index contributed by atoms with van der Waals surface area (Å²) in [6.45, 7) is 3.11. The number of alkyl halides is 3. The number of nitrogen functional groups attached to an aromatic ring is 1. The van der Waals surface area contributed by atoms with Gasteiger partial charge in [0, 0.05) is 34.5 Å². The summed E-state index contributed by atoms with van der Waals surface area (Å²) < 4.78 is 118. The van der Waals surface area contributed by atoms with Gasteiger partial charge >= 0.3 is 0 Å². The smallest absolute Gasteiger partial charge is 0.283 e. The molecule has 6 aliphatic heterocycles. The van der Waals surface area contributed by atoms with Crippen LogP contribution in [-0.2, 0) is 45.0 Å². The van der Waals surface area contributed by atoms with Crippen molar-refractivity contribution in [3.8, 4) is 0 Å². The van der Waals surface area contributed by atoms with Crippen LogP contribution in [0.4, 0.5) is 37.7 Å². The van der Waals surface area contributed by atoms with Crippen molar-refractivity contribution in [3.63, 3.8) is 0 Å². The van der Waals surface area contributed by atoms with Gasteiger partial charge in [0.05, 0.1) is 60.8 Å². The standard InChI is InChI=1S/C14H15F2N3O4.C14H17F2N3O2.C14H16F2N2O2/c1-7-12-10(5-22-7)14(6-15,18-13(17)23-12)9-4-8(19(20)21)2-3-11(9)16;1-7-12-10(5-20-7)14(6-15,19-13(18)21-12)9-4-8(17)2-3-11(9)16;1-8-12-10(6-19-8)14(7-15,18-13(17)20-12)9-4-2-3-5-11(9)16/h2-4,7,10,12H,5-6H2,1H3,(H2,17,18);2-4,7,10,12H,5-6,17H2,1H3,(H2,18,19);2-5,8,10,12H,6-7H2,1H3,(H2,17,18)/t2*7-,10+,12-,14-;8-,10+,12-,14-/m111/s1. The van der Waals surface area contributed by atoms with Crippen molar-refractivity contribution in [2.24, 2.45) is 49.9 Å². The number of nitrogens with zero attached hydrogens (tertiary/aromatic N) is 4. The van der Waals surface area contributed by atoms with Crippen molar-refractivity contribution in [1.82, 2.24) is 0 Å². The van der Waals surface area contributed by atoms with Crippen molar-refractivity contribution >= 4 is 29.4 Å². The van der Waals surface area contributed by atoms with Gasteiger partial charge in [0.25, 0.3) is 23.8 Å². The highest BCUT2D eigenvalue weighted by Gasteiger charge is 2.58. The van der Waals surface area contributed by atoms with E-state index < -0.39 is 95.1 Å². The first-order valence-electron chi connectivity index (χ1n) is 20.3. The molecule has 0 radical (unpaired) electrons. The first-order valence-corrected chi connectivity index (χ1v) is 20.3. The van der Waals surface area contributed by atoms with Gasteiger partial charge in [-0.05, 0) is 51.1 Å². The van der Waals surface area contributed by atoms with Gasteiger partial charge in [-0.1, -0.05) is 18.2 Å². The van der Waals surface area contributed by atoms with Crippen LogP contribution in [0.15, 0.2) is 75.6 Å². The minimum absolute atomic E-state index is 0.0870. The Labute approximate surface area is 363 Å². The van der Waals surface area contributed by atoms with Gasteiger partial charge in [0.1, 0.15) is 72.4 Å². The third-order valence-electron chi connectivity index (χ3n) is 12.8. The minimum Gasteiger partial charge on any atom is -0.459 e. The molecule has 64 heavy (non-hydrogen) atoms. The highest BCUT2D eigenvalue weighted by atomic mass is 19.1. The van der Waals surface area contributed by atoms with E-state index in [-0.39, 0.29) is 78.6 Å². The number of rotatable bonds is 7.